The Morgan fingerprint density at radius 3 is 2.39 bits per heavy atom. The third-order valence-electron chi connectivity index (χ3n) is 8.52. The third-order valence-corrected chi connectivity index (χ3v) is 9.05. The minimum atomic E-state index is -0.388. The smallest absolute Gasteiger partial charge is 0.407 e. The number of halogens is 1. The number of para-hydroxylation sites is 1. The molecule has 0 aromatic heterocycles. The molecule has 0 unspecified atom stereocenters. The van der Waals surface area contributed by atoms with Gasteiger partial charge in [0, 0.05) is 10.2 Å². The molecule has 1 amide bonds. The summed E-state index contributed by atoms with van der Waals surface area (Å²) in [5, 5.41) is 5.76. The average Bonchev–Trinajstić information content (AvgIpc) is 3.02. The Kier molecular flexibility index (Phi) is 6.97. The standard InChI is InChI=1S/C36H31BrN2O2/c37-30-18-15-26(16-19-30)34-22-32(38-36(40)41-23-24-7-2-1-3-8-24)31-12-6-11-27-17-20-33(39(34)35(27)31)29-14-13-25-9-4-5-10-28(25)21-29/h1-16,18-19,21,32-34H,17,20,22-23H2,(H,38,40)/t32-,33+,34-/m0/s1. The lowest BCUT2D eigenvalue weighted by molar-refractivity contribution is 0.134. The molecule has 5 aromatic carbocycles. The molecule has 41 heavy (non-hydrogen) atoms. The van der Waals surface area contributed by atoms with Gasteiger partial charge in [0.2, 0.25) is 0 Å². The molecule has 2 aliphatic heterocycles. The number of hydrogen-bond donors (Lipinski definition) is 1. The van der Waals surface area contributed by atoms with E-state index in [4.69, 9.17) is 4.74 Å². The van der Waals surface area contributed by atoms with Crippen molar-refractivity contribution in [3.8, 4) is 0 Å². The van der Waals surface area contributed by atoms with Crippen LogP contribution in [0.2, 0.25) is 0 Å². The van der Waals surface area contributed by atoms with Crippen molar-refractivity contribution in [1.82, 2.24) is 5.32 Å². The molecule has 0 fully saturated rings. The Labute approximate surface area is 249 Å². The molecule has 0 saturated carbocycles. The van der Waals surface area contributed by atoms with E-state index in [2.05, 4.69) is 111 Å². The number of aryl methyl sites for hydroxylation is 1. The van der Waals surface area contributed by atoms with E-state index in [0.29, 0.717) is 0 Å². The summed E-state index contributed by atoms with van der Waals surface area (Å²) in [5.41, 5.74) is 7.31. The van der Waals surface area contributed by atoms with Gasteiger partial charge in [-0.2, -0.15) is 0 Å². The van der Waals surface area contributed by atoms with Crippen LogP contribution < -0.4 is 10.2 Å². The van der Waals surface area contributed by atoms with E-state index in [1.165, 1.54) is 33.2 Å². The predicted octanol–water partition coefficient (Wildman–Crippen LogP) is 9.21. The number of nitrogens with one attached hydrogen (secondary N) is 1. The van der Waals surface area contributed by atoms with Crippen molar-refractivity contribution < 1.29 is 9.53 Å². The first-order chi connectivity index (χ1) is 20.1. The van der Waals surface area contributed by atoms with Crippen molar-refractivity contribution >= 4 is 38.5 Å². The highest BCUT2D eigenvalue weighted by Crippen LogP contribution is 2.53. The molecule has 0 saturated heterocycles. The zero-order valence-corrected chi connectivity index (χ0v) is 24.3. The van der Waals surface area contributed by atoms with Gasteiger partial charge < -0.3 is 15.0 Å². The van der Waals surface area contributed by atoms with Crippen LogP contribution >= 0.6 is 15.9 Å². The summed E-state index contributed by atoms with van der Waals surface area (Å²) in [6.45, 7) is 0.249. The van der Waals surface area contributed by atoms with Gasteiger partial charge in [0.05, 0.1) is 18.1 Å². The van der Waals surface area contributed by atoms with E-state index in [0.717, 1.165) is 34.9 Å². The molecule has 2 heterocycles. The van der Waals surface area contributed by atoms with Crippen molar-refractivity contribution in [1.29, 1.82) is 0 Å². The van der Waals surface area contributed by atoms with Crippen LogP contribution in [0.3, 0.4) is 0 Å². The first kappa shape index (κ1) is 25.8. The van der Waals surface area contributed by atoms with Gasteiger partial charge in [-0.15, -0.1) is 0 Å². The van der Waals surface area contributed by atoms with Crippen molar-refractivity contribution in [3.63, 3.8) is 0 Å². The molecule has 0 spiro atoms. The molecule has 0 bridgehead atoms. The van der Waals surface area contributed by atoms with Gasteiger partial charge in [-0.05, 0) is 76.1 Å². The molecular weight excluding hydrogens is 572 g/mol. The van der Waals surface area contributed by atoms with Crippen LogP contribution in [0.5, 0.6) is 0 Å². The van der Waals surface area contributed by atoms with Crippen molar-refractivity contribution in [2.75, 3.05) is 4.90 Å². The predicted molar refractivity (Wildman–Crippen MR) is 168 cm³/mol. The van der Waals surface area contributed by atoms with E-state index < -0.39 is 0 Å². The quantitative estimate of drug-likeness (QED) is 0.218. The van der Waals surface area contributed by atoms with Crippen LogP contribution in [0.25, 0.3) is 10.8 Å². The highest BCUT2D eigenvalue weighted by atomic mass is 79.9. The van der Waals surface area contributed by atoms with Crippen molar-refractivity contribution in [2.45, 2.75) is 44.0 Å². The van der Waals surface area contributed by atoms with Gasteiger partial charge in [0.1, 0.15) is 6.61 Å². The molecule has 0 radical (unpaired) electrons. The summed E-state index contributed by atoms with van der Waals surface area (Å²) in [5.74, 6) is 0. The molecule has 3 atom stereocenters. The molecule has 204 valence electrons. The average molecular weight is 604 g/mol. The fraction of sp³-hybridized carbons (Fsp3) is 0.194. The molecule has 2 aliphatic rings. The lowest BCUT2D eigenvalue weighted by Crippen LogP contribution is -2.44. The van der Waals surface area contributed by atoms with Gasteiger partial charge in [-0.3, -0.25) is 0 Å². The number of ether oxygens (including phenoxy) is 1. The fourth-order valence-electron chi connectivity index (χ4n) is 6.60. The molecule has 7 rings (SSSR count). The fourth-order valence-corrected chi connectivity index (χ4v) is 6.86. The van der Waals surface area contributed by atoms with Crippen LogP contribution in [0, 0.1) is 0 Å². The Morgan fingerprint density at radius 1 is 0.805 bits per heavy atom. The van der Waals surface area contributed by atoms with Crippen molar-refractivity contribution in [3.05, 3.63) is 148 Å². The zero-order chi connectivity index (χ0) is 27.8. The Balaban J connectivity index is 1.27. The number of nitrogens with zero attached hydrogens (tertiary/aromatic N) is 1. The number of fused-ring (bicyclic) bond motifs is 1. The van der Waals surface area contributed by atoms with E-state index >= 15 is 0 Å². The monoisotopic (exact) mass is 602 g/mol. The lowest BCUT2D eigenvalue weighted by Gasteiger charge is -2.50. The third kappa shape index (κ3) is 5.11. The van der Waals surface area contributed by atoms with Gasteiger partial charge in [-0.25, -0.2) is 4.79 Å². The van der Waals surface area contributed by atoms with Crippen LogP contribution in [-0.4, -0.2) is 6.09 Å². The number of alkyl carbamates (subject to hydrolysis) is 1. The number of benzene rings is 5. The topological polar surface area (TPSA) is 41.6 Å². The summed E-state index contributed by atoms with van der Waals surface area (Å²) < 4.78 is 6.72. The number of amides is 1. The van der Waals surface area contributed by atoms with E-state index in [9.17, 15) is 4.79 Å². The second kappa shape index (κ2) is 11.1. The summed E-state index contributed by atoms with van der Waals surface area (Å²) >= 11 is 3.62. The van der Waals surface area contributed by atoms with E-state index in [1.54, 1.807) is 0 Å². The first-order valence-electron chi connectivity index (χ1n) is 14.3. The van der Waals surface area contributed by atoms with Crippen molar-refractivity contribution in [2.24, 2.45) is 0 Å². The number of rotatable bonds is 5. The summed E-state index contributed by atoms with van der Waals surface area (Å²) in [7, 11) is 0. The van der Waals surface area contributed by atoms with Crippen LogP contribution in [0.1, 0.15) is 58.8 Å². The SMILES string of the molecule is O=C(N[C@H]1C[C@@H](c2ccc(Br)cc2)N2c3c(cccc31)CC[C@@H]2c1ccc2ccccc2c1)OCc1ccccc1. The second-order valence-electron chi connectivity index (χ2n) is 11.0. The van der Waals surface area contributed by atoms with Crippen LogP contribution in [0.15, 0.2) is 120 Å². The first-order valence-corrected chi connectivity index (χ1v) is 15.0. The molecule has 5 aromatic rings. The van der Waals surface area contributed by atoms with Crippen LogP contribution in [0.4, 0.5) is 10.5 Å². The van der Waals surface area contributed by atoms with Gasteiger partial charge in [-0.1, -0.05) is 113 Å². The lowest BCUT2D eigenvalue weighted by atomic mass is 9.79. The van der Waals surface area contributed by atoms with Gasteiger partial charge in [0.15, 0.2) is 0 Å². The number of carbonyl (C=O) groups is 1. The normalized spacial score (nSPS) is 19.4. The largest absolute Gasteiger partial charge is 0.445 e. The van der Waals surface area contributed by atoms with E-state index in [1.807, 2.05) is 30.3 Å². The highest BCUT2D eigenvalue weighted by Gasteiger charge is 2.41. The number of hydrogen-bond acceptors (Lipinski definition) is 3. The molecular formula is C36H31BrN2O2. The minimum absolute atomic E-state index is 0.0907. The summed E-state index contributed by atoms with van der Waals surface area (Å²) in [6, 6.07) is 40.6. The molecule has 4 nitrogen and oxygen atoms in total. The minimum Gasteiger partial charge on any atom is -0.445 e. The maximum atomic E-state index is 13.1. The van der Waals surface area contributed by atoms with Crippen LogP contribution in [-0.2, 0) is 17.8 Å². The maximum absolute atomic E-state index is 13.1. The van der Waals surface area contributed by atoms with Gasteiger partial charge >= 0.3 is 6.09 Å². The maximum Gasteiger partial charge on any atom is 0.407 e. The highest BCUT2D eigenvalue weighted by molar-refractivity contribution is 9.10. The number of carbonyl (C=O) groups excluding carboxylic acids is 1. The molecule has 0 aliphatic carbocycles. The number of anilines is 1. The van der Waals surface area contributed by atoms with E-state index in [-0.39, 0.29) is 30.8 Å². The Bertz CT molecular complexity index is 1700. The Hall–Kier alpha value is -4.09. The molecule has 1 N–H and O–H groups in total. The Morgan fingerprint density at radius 2 is 1.56 bits per heavy atom. The van der Waals surface area contributed by atoms with Gasteiger partial charge in [0.25, 0.3) is 0 Å². The second-order valence-corrected chi connectivity index (χ2v) is 11.9. The molecule has 5 heteroatoms. The zero-order valence-electron chi connectivity index (χ0n) is 22.7. The summed E-state index contributed by atoms with van der Waals surface area (Å²) in [4.78, 5) is 15.7. The summed E-state index contributed by atoms with van der Waals surface area (Å²) in [6.07, 6.45) is 2.40.